The molecule has 2 aromatic carbocycles. The normalized spacial score (nSPS) is 16.3. The number of amides is 1. The fraction of sp³-hybridized carbons (Fsp3) is 0.389. The molecule has 0 aromatic heterocycles. The Labute approximate surface area is 142 Å². The third-order valence-electron chi connectivity index (χ3n) is 4.19. The molecule has 1 fully saturated rings. The molecule has 128 valence electrons. The van der Waals surface area contributed by atoms with E-state index >= 15 is 0 Å². The SMILES string of the molecule is CC(C)[C@H](NS(=O)(=O)c1ccc2ccccc2c1)C(=O)NC1CC1. The molecular weight excluding hydrogens is 324 g/mol. The minimum Gasteiger partial charge on any atom is -0.352 e. The molecule has 2 N–H and O–H groups in total. The first kappa shape index (κ1) is 16.9. The van der Waals surface area contributed by atoms with E-state index in [-0.39, 0.29) is 22.8 Å². The molecular formula is C18H22N2O3S. The van der Waals surface area contributed by atoms with E-state index in [1.54, 1.807) is 18.2 Å². The zero-order chi connectivity index (χ0) is 17.3. The van der Waals surface area contributed by atoms with E-state index in [0.29, 0.717) is 0 Å². The van der Waals surface area contributed by atoms with Crippen LogP contribution in [-0.2, 0) is 14.8 Å². The average Bonchev–Trinajstić information content (AvgIpc) is 3.35. The molecule has 5 nitrogen and oxygen atoms in total. The van der Waals surface area contributed by atoms with Crippen molar-refractivity contribution in [2.75, 3.05) is 0 Å². The van der Waals surface area contributed by atoms with Gasteiger partial charge in [-0.1, -0.05) is 44.2 Å². The van der Waals surface area contributed by atoms with E-state index in [1.165, 1.54) is 0 Å². The number of fused-ring (bicyclic) bond motifs is 1. The van der Waals surface area contributed by atoms with Gasteiger partial charge >= 0.3 is 0 Å². The summed E-state index contributed by atoms with van der Waals surface area (Å²) in [6, 6.07) is 12.0. The van der Waals surface area contributed by atoms with Crippen molar-refractivity contribution in [3.8, 4) is 0 Å². The number of benzene rings is 2. The molecule has 1 aliphatic rings. The predicted molar refractivity (Wildman–Crippen MR) is 94.1 cm³/mol. The largest absolute Gasteiger partial charge is 0.352 e. The van der Waals surface area contributed by atoms with Gasteiger partial charge < -0.3 is 5.32 Å². The molecule has 0 saturated heterocycles. The number of hydrogen-bond acceptors (Lipinski definition) is 3. The summed E-state index contributed by atoms with van der Waals surface area (Å²) in [5.74, 6) is -0.393. The minimum absolute atomic E-state index is 0.140. The molecule has 1 saturated carbocycles. The summed E-state index contributed by atoms with van der Waals surface area (Å²) in [7, 11) is -3.77. The Bertz CT molecular complexity index is 857. The van der Waals surface area contributed by atoms with Gasteiger partial charge in [-0.15, -0.1) is 0 Å². The summed E-state index contributed by atoms with van der Waals surface area (Å²) in [5.41, 5.74) is 0. The molecule has 0 heterocycles. The Morgan fingerprint density at radius 3 is 2.38 bits per heavy atom. The van der Waals surface area contributed by atoms with Crippen LogP contribution < -0.4 is 10.0 Å². The molecule has 3 rings (SSSR count). The summed E-state index contributed by atoms with van der Waals surface area (Å²) in [4.78, 5) is 12.5. The number of rotatable bonds is 6. The van der Waals surface area contributed by atoms with Gasteiger partial charge in [0, 0.05) is 6.04 Å². The van der Waals surface area contributed by atoms with Crippen LogP contribution in [-0.4, -0.2) is 26.4 Å². The van der Waals surface area contributed by atoms with Crippen LogP contribution in [0.15, 0.2) is 47.4 Å². The predicted octanol–water partition coefficient (Wildman–Crippen LogP) is 2.42. The topological polar surface area (TPSA) is 75.3 Å². The van der Waals surface area contributed by atoms with Crippen LogP contribution in [0.3, 0.4) is 0 Å². The summed E-state index contributed by atoms with van der Waals surface area (Å²) in [5, 5.41) is 4.70. The number of nitrogens with one attached hydrogen (secondary N) is 2. The highest BCUT2D eigenvalue weighted by atomic mass is 32.2. The fourth-order valence-corrected chi connectivity index (χ4v) is 3.96. The van der Waals surface area contributed by atoms with E-state index in [9.17, 15) is 13.2 Å². The maximum Gasteiger partial charge on any atom is 0.241 e. The van der Waals surface area contributed by atoms with Gasteiger partial charge in [-0.3, -0.25) is 4.79 Å². The van der Waals surface area contributed by atoms with Crippen molar-refractivity contribution in [2.45, 2.75) is 43.7 Å². The average molecular weight is 346 g/mol. The molecule has 1 atom stereocenters. The lowest BCUT2D eigenvalue weighted by atomic mass is 10.1. The van der Waals surface area contributed by atoms with Crippen LogP contribution in [0.5, 0.6) is 0 Å². The molecule has 1 amide bonds. The Balaban J connectivity index is 1.85. The summed E-state index contributed by atoms with van der Waals surface area (Å²) in [6.45, 7) is 3.67. The summed E-state index contributed by atoms with van der Waals surface area (Å²) < 4.78 is 28.0. The first-order valence-corrected chi connectivity index (χ1v) is 9.66. The van der Waals surface area contributed by atoms with E-state index in [2.05, 4.69) is 10.0 Å². The Hall–Kier alpha value is -1.92. The maximum absolute atomic E-state index is 12.7. The van der Waals surface area contributed by atoms with Crippen molar-refractivity contribution in [1.82, 2.24) is 10.0 Å². The first-order valence-electron chi connectivity index (χ1n) is 8.18. The third-order valence-corrected chi connectivity index (χ3v) is 5.62. The van der Waals surface area contributed by atoms with E-state index in [1.807, 2.05) is 38.1 Å². The molecule has 1 aliphatic carbocycles. The van der Waals surface area contributed by atoms with Gasteiger partial charge in [0.2, 0.25) is 15.9 Å². The maximum atomic E-state index is 12.7. The standard InChI is InChI=1S/C18H22N2O3S/c1-12(2)17(18(21)19-15-8-9-15)20-24(22,23)16-10-7-13-5-3-4-6-14(13)11-16/h3-7,10-12,15,17,20H,8-9H2,1-2H3,(H,19,21)/t17-/m0/s1. The smallest absolute Gasteiger partial charge is 0.241 e. The van der Waals surface area contributed by atoms with E-state index < -0.39 is 16.1 Å². The van der Waals surface area contributed by atoms with Gasteiger partial charge in [0.05, 0.1) is 4.90 Å². The van der Waals surface area contributed by atoms with Gasteiger partial charge in [0.25, 0.3) is 0 Å². The molecule has 24 heavy (non-hydrogen) atoms. The van der Waals surface area contributed by atoms with Gasteiger partial charge in [-0.2, -0.15) is 4.72 Å². The first-order chi connectivity index (χ1) is 11.4. The second kappa shape index (κ2) is 6.53. The lowest BCUT2D eigenvalue weighted by molar-refractivity contribution is -0.123. The second-order valence-electron chi connectivity index (χ2n) is 6.63. The molecule has 0 bridgehead atoms. The van der Waals surface area contributed by atoms with Gasteiger partial charge in [0.1, 0.15) is 6.04 Å². The lowest BCUT2D eigenvalue weighted by Gasteiger charge is -2.21. The quantitative estimate of drug-likeness (QED) is 0.843. The van der Waals surface area contributed by atoms with E-state index in [4.69, 9.17) is 0 Å². The highest BCUT2D eigenvalue weighted by Gasteiger charge is 2.32. The van der Waals surface area contributed by atoms with Crippen molar-refractivity contribution in [2.24, 2.45) is 5.92 Å². The van der Waals surface area contributed by atoms with Crippen LogP contribution in [0.25, 0.3) is 10.8 Å². The molecule has 0 spiro atoms. The van der Waals surface area contributed by atoms with Gasteiger partial charge in [-0.05, 0) is 41.7 Å². The zero-order valence-electron chi connectivity index (χ0n) is 13.8. The summed E-state index contributed by atoms with van der Waals surface area (Å²) in [6.07, 6.45) is 1.93. The van der Waals surface area contributed by atoms with Crippen LogP contribution in [0.1, 0.15) is 26.7 Å². The van der Waals surface area contributed by atoms with Crippen molar-refractivity contribution in [1.29, 1.82) is 0 Å². The van der Waals surface area contributed by atoms with Crippen LogP contribution in [0, 0.1) is 5.92 Å². The lowest BCUT2D eigenvalue weighted by Crippen LogP contribution is -2.50. The van der Waals surface area contributed by atoms with E-state index in [0.717, 1.165) is 23.6 Å². The van der Waals surface area contributed by atoms with Crippen LogP contribution in [0.2, 0.25) is 0 Å². The number of sulfonamides is 1. The molecule has 0 unspecified atom stereocenters. The van der Waals surface area contributed by atoms with Crippen LogP contribution >= 0.6 is 0 Å². The highest BCUT2D eigenvalue weighted by Crippen LogP contribution is 2.21. The highest BCUT2D eigenvalue weighted by molar-refractivity contribution is 7.89. The van der Waals surface area contributed by atoms with Gasteiger partial charge in [0.15, 0.2) is 0 Å². The van der Waals surface area contributed by atoms with Crippen molar-refractivity contribution >= 4 is 26.7 Å². The zero-order valence-corrected chi connectivity index (χ0v) is 14.6. The Morgan fingerprint density at radius 1 is 1.08 bits per heavy atom. The molecule has 6 heteroatoms. The van der Waals surface area contributed by atoms with Crippen molar-refractivity contribution in [3.63, 3.8) is 0 Å². The molecule has 0 aliphatic heterocycles. The number of hydrogen-bond donors (Lipinski definition) is 2. The fourth-order valence-electron chi connectivity index (χ4n) is 2.58. The monoisotopic (exact) mass is 346 g/mol. The number of carbonyl (C=O) groups excluding carboxylic acids is 1. The molecule has 0 radical (unpaired) electrons. The second-order valence-corrected chi connectivity index (χ2v) is 8.35. The summed E-state index contributed by atoms with van der Waals surface area (Å²) >= 11 is 0. The van der Waals surface area contributed by atoms with Gasteiger partial charge in [-0.25, -0.2) is 8.42 Å². The van der Waals surface area contributed by atoms with Crippen LogP contribution in [0.4, 0.5) is 0 Å². The Morgan fingerprint density at radius 2 is 1.75 bits per heavy atom. The van der Waals surface area contributed by atoms with Crippen molar-refractivity contribution in [3.05, 3.63) is 42.5 Å². The van der Waals surface area contributed by atoms with Crippen molar-refractivity contribution < 1.29 is 13.2 Å². The number of carbonyl (C=O) groups is 1. The molecule has 2 aromatic rings. The third kappa shape index (κ3) is 3.76. The minimum atomic E-state index is -3.77. The Kier molecular flexibility index (Phi) is 4.60.